The molecule has 0 bridgehead atoms. The molecule has 2 N–H and O–H groups in total. The van der Waals surface area contributed by atoms with Crippen LogP contribution >= 0.6 is 0 Å². The molecule has 0 unspecified atom stereocenters. The Hall–Kier alpha value is -2.62. The normalized spacial score (nSPS) is 10.6. The van der Waals surface area contributed by atoms with Gasteiger partial charge in [-0.05, 0) is 48.5 Å². The Morgan fingerprint density at radius 1 is 0.947 bits per heavy atom. The standard InChI is InChI=1S/C15H11FN2O/c16-11-1-4-13(5-2-11)19-14-8-10-7-12(17)3-6-15(10)18-9-14/h1-9H,17H2. The Balaban J connectivity index is 1.94. The number of nitrogen functional groups attached to an aromatic ring is 1. The SMILES string of the molecule is Nc1ccc2ncc(Oc3ccc(F)cc3)cc2c1. The molecule has 4 heteroatoms. The van der Waals surface area contributed by atoms with Gasteiger partial charge in [-0.1, -0.05) is 0 Å². The van der Waals surface area contributed by atoms with Crippen molar-refractivity contribution in [3.8, 4) is 11.5 Å². The zero-order valence-corrected chi connectivity index (χ0v) is 10.0. The Kier molecular flexibility index (Phi) is 2.76. The molecular formula is C15H11FN2O. The largest absolute Gasteiger partial charge is 0.456 e. The first-order chi connectivity index (χ1) is 9.20. The van der Waals surface area contributed by atoms with Crippen molar-refractivity contribution in [3.63, 3.8) is 0 Å². The van der Waals surface area contributed by atoms with Crippen LogP contribution in [0.4, 0.5) is 10.1 Å². The summed E-state index contributed by atoms with van der Waals surface area (Å²) in [6.45, 7) is 0. The Morgan fingerprint density at radius 3 is 2.53 bits per heavy atom. The number of anilines is 1. The topological polar surface area (TPSA) is 48.1 Å². The summed E-state index contributed by atoms with van der Waals surface area (Å²) < 4.78 is 18.4. The number of halogens is 1. The summed E-state index contributed by atoms with van der Waals surface area (Å²) >= 11 is 0. The van der Waals surface area contributed by atoms with Crippen LogP contribution in [0.15, 0.2) is 54.7 Å². The van der Waals surface area contributed by atoms with Crippen LogP contribution in [0.2, 0.25) is 0 Å². The smallest absolute Gasteiger partial charge is 0.146 e. The lowest BCUT2D eigenvalue weighted by molar-refractivity contribution is 0.479. The summed E-state index contributed by atoms with van der Waals surface area (Å²) in [4.78, 5) is 4.28. The van der Waals surface area contributed by atoms with Crippen LogP contribution in [0.1, 0.15) is 0 Å². The van der Waals surface area contributed by atoms with Crippen LogP contribution in [0, 0.1) is 5.82 Å². The fraction of sp³-hybridized carbons (Fsp3) is 0. The summed E-state index contributed by atoms with van der Waals surface area (Å²) in [5.74, 6) is 0.855. The van der Waals surface area contributed by atoms with E-state index >= 15 is 0 Å². The van der Waals surface area contributed by atoms with E-state index in [2.05, 4.69) is 4.98 Å². The number of hydrogen-bond donors (Lipinski definition) is 1. The number of nitrogens with two attached hydrogens (primary N) is 1. The third-order valence-electron chi connectivity index (χ3n) is 2.73. The second-order valence-corrected chi connectivity index (χ2v) is 4.18. The van der Waals surface area contributed by atoms with Gasteiger partial charge in [0, 0.05) is 11.1 Å². The third-order valence-corrected chi connectivity index (χ3v) is 2.73. The number of ether oxygens (including phenoxy) is 1. The number of nitrogens with zero attached hydrogens (tertiary/aromatic N) is 1. The maximum atomic E-state index is 12.8. The van der Waals surface area contributed by atoms with Crippen molar-refractivity contribution in [2.75, 3.05) is 5.73 Å². The van der Waals surface area contributed by atoms with Gasteiger partial charge in [0.1, 0.15) is 17.3 Å². The minimum Gasteiger partial charge on any atom is -0.456 e. The zero-order valence-electron chi connectivity index (χ0n) is 10.0. The molecule has 0 aliphatic carbocycles. The second kappa shape index (κ2) is 4.57. The van der Waals surface area contributed by atoms with Gasteiger partial charge in [-0.2, -0.15) is 0 Å². The highest BCUT2D eigenvalue weighted by molar-refractivity contribution is 5.82. The fourth-order valence-corrected chi connectivity index (χ4v) is 1.82. The molecule has 19 heavy (non-hydrogen) atoms. The van der Waals surface area contributed by atoms with Gasteiger partial charge in [-0.3, -0.25) is 4.98 Å². The summed E-state index contributed by atoms with van der Waals surface area (Å²) in [7, 11) is 0. The molecule has 0 saturated carbocycles. The predicted molar refractivity (Wildman–Crippen MR) is 72.6 cm³/mol. The summed E-state index contributed by atoms with van der Waals surface area (Å²) in [6.07, 6.45) is 1.63. The first kappa shape index (κ1) is 11.5. The highest BCUT2D eigenvalue weighted by Gasteiger charge is 2.01. The van der Waals surface area contributed by atoms with E-state index in [1.807, 2.05) is 18.2 Å². The van der Waals surface area contributed by atoms with Crippen molar-refractivity contribution < 1.29 is 9.13 Å². The van der Waals surface area contributed by atoms with Crippen LogP contribution in [0.3, 0.4) is 0 Å². The minimum absolute atomic E-state index is 0.295. The molecule has 94 valence electrons. The number of pyridine rings is 1. The van der Waals surface area contributed by atoms with Crippen molar-refractivity contribution >= 4 is 16.6 Å². The number of rotatable bonds is 2. The number of aromatic nitrogens is 1. The van der Waals surface area contributed by atoms with Gasteiger partial charge in [0.2, 0.25) is 0 Å². The molecule has 3 nitrogen and oxygen atoms in total. The van der Waals surface area contributed by atoms with Crippen molar-refractivity contribution in [3.05, 3.63) is 60.5 Å². The monoisotopic (exact) mass is 254 g/mol. The molecule has 1 heterocycles. The van der Waals surface area contributed by atoms with Crippen LogP contribution in [0.25, 0.3) is 10.9 Å². The molecule has 1 aromatic heterocycles. The quantitative estimate of drug-likeness (QED) is 0.708. The van der Waals surface area contributed by atoms with E-state index < -0.39 is 0 Å². The maximum absolute atomic E-state index is 12.8. The van der Waals surface area contributed by atoms with E-state index in [-0.39, 0.29) is 5.82 Å². The third kappa shape index (κ3) is 2.47. The van der Waals surface area contributed by atoms with Gasteiger partial charge < -0.3 is 10.5 Å². The van der Waals surface area contributed by atoms with Gasteiger partial charge in [-0.25, -0.2) is 4.39 Å². The average Bonchev–Trinajstić information content (AvgIpc) is 2.41. The van der Waals surface area contributed by atoms with Crippen molar-refractivity contribution in [1.29, 1.82) is 0 Å². The van der Waals surface area contributed by atoms with Crippen LogP contribution in [-0.4, -0.2) is 4.98 Å². The first-order valence-electron chi connectivity index (χ1n) is 5.79. The molecule has 0 amide bonds. The summed E-state index contributed by atoms with van der Waals surface area (Å²) in [6, 6.07) is 13.2. The van der Waals surface area contributed by atoms with Crippen LogP contribution in [0.5, 0.6) is 11.5 Å². The second-order valence-electron chi connectivity index (χ2n) is 4.18. The Labute approximate surface area is 109 Å². The molecule has 0 spiro atoms. The molecule has 0 atom stereocenters. The molecule has 0 saturated heterocycles. The molecule has 0 aliphatic heterocycles. The van der Waals surface area contributed by atoms with Gasteiger partial charge >= 0.3 is 0 Å². The minimum atomic E-state index is -0.295. The lowest BCUT2D eigenvalue weighted by Gasteiger charge is -2.06. The van der Waals surface area contributed by atoms with E-state index in [0.717, 1.165) is 10.9 Å². The first-order valence-corrected chi connectivity index (χ1v) is 5.79. The molecular weight excluding hydrogens is 243 g/mol. The van der Waals surface area contributed by atoms with Gasteiger partial charge in [-0.15, -0.1) is 0 Å². The van der Waals surface area contributed by atoms with E-state index in [1.165, 1.54) is 12.1 Å². The highest BCUT2D eigenvalue weighted by atomic mass is 19.1. The summed E-state index contributed by atoms with van der Waals surface area (Å²) in [5, 5.41) is 0.902. The molecule has 3 aromatic rings. The van der Waals surface area contributed by atoms with E-state index in [4.69, 9.17) is 10.5 Å². The number of fused-ring (bicyclic) bond motifs is 1. The van der Waals surface area contributed by atoms with Crippen molar-refractivity contribution in [2.24, 2.45) is 0 Å². The lowest BCUT2D eigenvalue weighted by Crippen LogP contribution is -1.88. The Bertz CT molecular complexity index is 726. The van der Waals surface area contributed by atoms with E-state index in [9.17, 15) is 4.39 Å². The van der Waals surface area contributed by atoms with Crippen molar-refractivity contribution in [1.82, 2.24) is 4.98 Å². The summed E-state index contributed by atoms with van der Waals surface area (Å²) in [5.41, 5.74) is 7.26. The van der Waals surface area contributed by atoms with Gasteiger partial charge in [0.05, 0.1) is 11.7 Å². The highest BCUT2D eigenvalue weighted by Crippen LogP contribution is 2.25. The van der Waals surface area contributed by atoms with Crippen LogP contribution < -0.4 is 10.5 Å². The fourth-order valence-electron chi connectivity index (χ4n) is 1.82. The maximum Gasteiger partial charge on any atom is 0.146 e. The van der Waals surface area contributed by atoms with Gasteiger partial charge in [0.15, 0.2) is 0 Å². The van der Waals surface area contributed by atoms with Crippen LogP contribution in [-0.2, 0) is 0 Å². The lowest BCUT2D eigenvalue weighted by atomic mass is 10.2. The van der Waals surface area contributed by atoms with E-state index in [0.29, 0.717) is 17.2 Å². The molecule has 2 aromatic carbocycles. The molecule has 3 rings (SSSR count). The number of hydrogen-bond acceptors (Lipinski definition) is 3. The zero-order chi connectivity index (χ0) is 13.2. The van der Waals surface area contributed by atoms with Gasteiger partial charge in [0.25, 0.3) is 0 Å². The molecule has 0 radical (unpaired) electrons. The molecule has 0 aliphatic rings. The number of benzene rings is 2. The average molecular weight is 254 g/mol. The van der Waals surface area contributed by atoms with E-state index in [1.54, 1.807) is 24.4 Å². The van der Waals surface area contributed by atoms with Crippen molar-refractivity contribution in [2.45, 2.75) is 0 Å². The Morgan fingerprint density at radius 2 is 1.74 bits per heavy atom. The molecule has 0 fully saturated rings. The predicted octanol–water partition coefficient (Wildman–Crippen LogP) is 3.75.